The molecule has 0 aliphatic rings. The Balaban J connectivity index is 2.03. The Kier molecular flexibility index (Phi) is 4.44. The largest absolute Gasteiger partial charge is 0.444 e. The Labute approximate surface area is 116 Å². The number of benzene rings is 1. The lowest BCUT2D eigenvalue weighted by atomic mass is 10.2. The minimum atomic E-state index is -0.560. The molecule has 2 aromatic rings. The molecule has 0 N–H and O–H groups in total. The predicted molar refractivity (Wildman–Crippen MR) is 74.7 cm³/mol. The molecule has 0 bridgehead atoms. The molecule has 0 aliphatic carbocycles. The van der Waals surface area contributed by atoms with Gasteiger partial charge in [0.25, 0.3) is 0 Å². The van der Waals surface area contributed by atoms with Crippen molar-refractivity contribution in [2.45, 2.75) is 6.61 Å². The van der Waals surface area contributed by atoms with Gasteiger partial charge >= 0.3 is 6.09 Å². The highest BCUT2D eigenvalue weighted by molar-refractivity contribution is 5.92. The maximum Gasteiger partial charge on any atom is 0.415 e. The fourth-order valence-corrected chi connectivity index (χ4v) is 1.68. The lowest BCUT2D eigenvalue weighted by Crippen LogP contribution is -2.28. The summed E-state index contributed by atoms with van der Waals surface area (Å²) in [7, 11) is 1.52. The first-order valence-corrected chi connectivity index (χ1v) is 6.07. The molecule has 0 saturated carbocycles. The second-order valence-corrected chi connectivity index (χ2v) is 4.13. The van der Waals surface area contributed by atoms with Crippen LogP contribution in [0.2, 0.25) is 0 Å². The number of pyridine rings is 1. The summed E-state index contributed by atoms with van der Waals surface area (Å²) >= 11 is 0. The van der Waals surface area contributed by atoms with Crippen LogP contribution >= 0.6 is 0 Å². The topological polar surface area (TPSA) is 59.5 Å². The van der Waals surface area contributed by atoms with Gasteiger partial charge in [0.15, 0.2) is 6.29 Å². The second kappa shape index (κ2) is 6.47. The quantitative estimate of drug-likeness (QED) is 0.801. The number of hydrogen-bond acceptors (Lipinski definition) is 4. The van der Waals surface area contributed by atoms with Gasteiger partial charge in [0.1, 0.15) is 12.4 Å². The Hall–Kier alpha value is -2.69. The van der Waals surface area contributed by atoms with Crippen molar-refractivity contribution < 1.29 is 14.3 Å². The van der Waals surface area contributed by atoms with Gasteiger partial charge in [0.2, 0.25) is 0 Å². The molecule has 5 heteroatoms. The van der Waals surface area contributed by atoms with E-state index in [0.29, 0.717) is 11.8 Å². The first kappa shape index (κ1) is 13.7. The third-order valence-corrected chi connectivity index (χ3v) is 2.74. The van der Waals surface area contributed by atoms with Crippen molar-refractivity contribution in [3.8, 4) is 0 Å². The number of carbonyl (C=O) groups excluding carboxylic acids is 2. The SMILES string of the molecule is CN(C(=O)OCc1ccccc1)c1ncccc1C=O. The summed E-state index contributed by atoms with van der Waals surface area (Å²) in [5.41, 5.74) is 1.23. The number of carbonyl (C=O) groups is 2. The predicted octanol–water partition coefficient (Wildman–Crippen LogP) is 2.67. The first-order valence-electron chi connectivity index (χ1n) is 6.07. The van der Waals surface area contributed by atoms with Crippen LogP contribution in [-0.4, -0.2) is 24.4 Å². The van der Waals surface area contributed by atoms with E-state index in [-0.39, 0.29) is 12.4 Å². The van der Waals surface area contributed by atoms with Crippen LogP contribution in [0, 0.1) is 0 Å². The van der Waals surface area contributed by atoms with Gasteiger partial charge in [-0.1, -0.05) is 30.3 Å². The van der Waals surface area contributed by atoms with Crippen molar-refractivity contribution in [2.75, 3.05) is 11.9 Å². The number of ether oxygens (including phenoxy) is 1. The lowest BCUT2D eigenvalue weighted by molar-refractivity contribution is 0.112. The zero-order chi connectivity index (χ0) is 14.4. The van der Waals surface area contributed by atoms with Crippen molar-refractivity contribution in [3.05, 3.63) is 59.8 Å². The van der Waals surface area contributed by atoms with Gasteiger partial charge in [-0.15, -0.1) is 0 Å². The molecule has 1 aromatic carbocycles. The molecule has 1 aromatic heterocycles. The van der Waals surface area contributed by atoms with Crippen LogP contribution in [0.1, 0.15) is 15.9 Å². The van der Waals surface area contributed by atoms with Gasteiger partial charge in [-0.05, 0) is 17.7 Å². The molecule has 0 spiro atoms. The molecule has 0 saturated heterocycles. The average molecular weight is 270 g/mol. The minimum Gasteiger partial charge on any atom is -0.444 e. The molecule has 0 unspecified atom stereocenters. The summed E-state index contributed by atoms with van der Waals surface area (Å²) in [5.74, 6) is 0.278. The van der Waals surface area contributed by atoms with E-state index < -0.39 is 6.09 Å². The molecule has 1 heterocycles. The highest BCUT2D eigenvalue weighted by Crippen LogP contribution is 2.15. The molecule has 0 fully saturated rings. The van der Waals surface area contributed by atoms with Gasteiger partial charge in [-0.25, -0.2) is 9.78 Å². The van der Waals surface area contributed by atoms with Gasteiger partial charge in [0, 0.05) is 13.2 Å². The fourth-order valence-electron chi connectivity index (χ4n) is 1.68. The molecule has 0 radical (unpaired) electrons. The van der Waals surface area contributed by atoms with Crippen molar-refractivity contribution in [1.29, 1.82) is 0 Å². The van der Waals surface area contributed by atoms with Crippen LogP contribution in [0.25, 0.3) is 0 Å². The molecule has 5 nitrogen and oxygen atoms in total. The number of nitrogens with zero attached hydrogens (tertiary/aromatic N) is 2. The molecule has 0 aliphatic heterocycles. The van der Waals surface area contributed by atoms with Crippen molar-refractivity contribution in [2.24, 2.45) is 0 Å². The maximum absolute atomic E-state index is 11.9. The number of hydrogen-bond donors (Lipinski definition) is 0. The smallest absolute Gasteiger partial charge is 0.415 e. The molecular formula is C15H14N2O3. The summed E-state index contributed by atoms with van der Waals surface area (Å²) in [6.07, 6.45) is 1.61. The summed E-state index contributed by atoms with van der Waals surface area (Å²) in [6.45, 7) is 0.174. The van der Waals surface area contributed by atoms with E-state index in [4.69, 9.17) is 4.74 Å². The third kappa shape index (κ3) is 3.20. The van der Waals surface area contributed by atoms with Crippen LogP contribution in [-0.2, 0) is 11.3 Å². The normalized spacial score (nSPS) is 9.85. The van der Waals surface area contributed by atoms with E-state index in [1.807, 2.05) is 30.3 Å². The molecular weight excluding hydrogens is 256 g/mol. The second-order valence-electron chi connectivity index (χ2n) is 4.13. The van der Waals surface area contributed by atoms with E-state index >= 15 is 0 Å². The molecule has 20 heavy (non-hydrogen) atoms. The summed E-state index contributed by atoms with van der Waals surface area (Å²) in [6, 6.07) is 12.6. The molecule has 1 amide bonds. The van der Waals surface area contributed by atoms with Gasteiger partial charge < -0.3 is 4.74 Å². The Morgan fingerprint density at radius 3 is 2.70 bits per heavy atom. The Morgan fingerprint density at radius 2 is 2.00 bits per heavy atom. The Morgan fingerprint density at radius 1 is 1.25 bits per heavy atom. The van der Waals surface area contributed by atoms with E-state index in [1.165, 1.54) is 18.1 Å². The first-order chi connectivity index (χ1) is 9.72. The number of rotatable bonds is 4. The zero-order valence-electron chi connectivity index (χ0n) is 11.0. The standard InChI is InChI=1S/C15H14N2O3/c1-17(14-13(10-18)8-5-9-16-14)15(19)20-11-12-6-3-2-4-7-12/h2-10H,11H2,1H3. The summed E-state index contributed by atoms with van der Waals surface area (Å²) < 4.78 is 5.17. The van der Waals surface area contributed by atoms with Crippen LogP contribution < -0.4 is 4.90 Å². The monoisotopic (exact) mass is 270 g/mol. The maximum atomic E-state index is 11.9. The Bertz CT molecular complexity index is 599. The van der Waals surface area contributed by atoms with Gasteiger partial charge in [-0.3, -0.25) is 9.69 Å². The fraction of sp³-hybridized carbons (Fsp3) is 0.133. The van der Waals surface area contributed by atoms with Crippen LogP contribution in [0.5, 0.6) is 0 Å². The molecule has 2 rings (SSSR count). The van der Waals surface area contributed by atoms with Crippen molar-refractivity contribution in [1.82, 2.24) is 4.98 Å². The lowest BCUT2D eigenvalue weighted by Gasteiger charge is -2.17. The van der Waals surface area contributed by atoms with E-state index in [2.05, 4.69) is 4.98 Å². The number of anilines is 1. The zero-order valence-corrected chi connectivity index (χ0v) is 11.0. The summed E-state index contributed by atoms with van der Waals surface area (Å²) in [4.78, 5) is 28.1. The van der Waals surface area contributed by atoms with Crippen molar-refractivity contribution in [3.63, 3.8) is 0 Å². The number of aromatic nitrogens is 1. The van der Waals surface area contributed by atoms with Gasteiger partial charge in [-0.2, -0.15) is 0 Å². The van der Waals surface area contributed by atoms with Crippen molar-refractivity contribution >= 4 is 18.2 Å². The van der Waals surface area contributed by atoms with E-state index in [1.54, 1.807) is 12.1 Å². The number of amides is 1. The molecule has 102 valence electrons. The van der Waals surface area contributed by atoms with E-state index in [9.17, 15) is 9.59 Å². The van der Waals surface area contributed by atoms with Gasteiger partial charge in [0.05, 0.1) is 5.56 Å². The molecule has 0 atom stereocenters. The van der Waals surface area contributed by atoms with Crippen LogP contribution in [0.15, 0.2) is 48.7 Å². The average Bonchev–Trinajstić information content (AvgIpc) is 2.52. The third-order valence-electron chi connectivity index (χ3n) is 2.74. The van der Waals surface area contributed by atoms with Crippen LogP contribution in [0.4, 0.5) is 10.6 Å². The van der Waals surface area contributed by atoms with E-state index in [0.717, 1.165) is 5.56 Å². The van der Waals surface area contributed by atoms with Crippen LogP contribution in [0.3, 0.4) is 0 Å². The summed E-state index contributed by atoms with van der Waals surface area (Å²) in [5, 5.41) is 0. The number of aldehydes is 1. The highest BCUT2D eigenvalue weighted by Gasteiger charge is 2.16. The minimum absolute atomic E-state index is 0.174. The highest BCUT2D eigenvalue weighted by atomic mass is 16.6.